The molecule has 1 heterocycles. The lowest BCUT2D eigenvalue weighted by Gasteiger charge is -2.10. The number of terminal acetylenes is 1. The van der Waals surface area contributed by atoms with Gasteiger partial charge in [0, 0.05) is 23.4 Å². The second kappa shape index (κ2) is 6.83. The fourth-order valence-corrected chi connectivity index (χ4v) is 2.33. The van der Waals surface area contributed by atoms with E-state index in [0.29, 0.717) is 11.3 Å². The first-order valence-corrected chi connectivity index (χ1v) is 7.26. The van der Waals surface area contributed by atoms with Crippen LogP contribution in [0.2, 0.25) is 0 Å². The van der Waals surface area contributed by atoms with Crippen molar-refractivity contribution in [2.24, 2.45) is 0 Å². The molecule has 0 aliphatic rings. The Labute approximate surface area is 121 Å². The highest BCUT2D eigenvalue weighted by atomic mass is 32.2. The second-order valence-electron chi connectivity index (χ2n) is 4.06. The molecule has 0 bridgehead atoms. The SMILES string of the molecule is C#CCSCCNc1cc(C(=O)O)nc2ccccc12. The smallest absolute Gasteiger partial charge is 0.354 e. The van der Waals surface area contributed by atoms with Crippen molar-refractivity contribution in [2.45, 2.75) is 0 Å². The quantitative estimate of drug-likeness (QED) is 0.631. The van der Waals surface area contributed by atoms with E-state index in [9.17, 15) is 4.79 Å². The molecule has 20 heavy (non-hydrogen) atoms. The number of carbonyl (C=O) groups is 1. The van der Waals surface area contributed by atoms with Gasteiger partial charge in [-0.1, -0.05) is 24.1 Å². The summed E-state index contributed by atoms with van der Waals surface area (Å²) < 4.78 is 0. The highest BCUT2D eigenvalue weighted by Crippen LogP contribution is 2.23. The molecule has 5 heteroatoms. The molecule has 0 aliphatic carbocycles. The molecule has 0 atom stereocenters. The van der Waals surface area contributed by atoms with Crippen LogP contribution in [0.5, 0.6) is 0 Å². The number of thioether (sulfide) groups is 1. The van der Waals surface area contributed by atoms with Gasteiger partial charge in [0.1, 0.15) is 0 Å². The average Bonchev–Trinajstić information content (AvgIpc) is 2.46. The Balaban J connectivity index is 2.21. The van der Waals surface area contributed by atoms with Crippen LogP contribution in [0.4, 0.5) is 5.69 Å². The summed E-state index contributed by atoms with van der Waals surface area (Å²) in [5.74, 6) is 3.08. The van der Waals surface area contributed by atoms with E-state index in [1.807, 2.05) is 18.2 Å². The molecular weight excluding hydrogens is 272 g/mol. The van der Waals surface area contributed by atoms with Crippen molar-refractivity contribution in [2.75, 3.05) is 23.4 Å². The zero-order valence-electron chi connectivity index (χ0n) is 10.8. The predicted molar refractivity (Wildman–Crippen MR) is 83.4 cm³/mol. The number of carboxylic acid groups (broad SMARTS) is 1. The second-order valence-corrected chi connectivity index (χ2v) is 5.17. The average molecular weight is 286 g/mol. The molecule has 2 aromatic rings. The van der Waals surface area contributed by atoms with Crippen LogP contribution in [0.15, 0.2) is 30.3 Å². The number of para-hydroxylation sites is 1. The van der Waals surface area contributed by atoms with E-state index in [2.05, 4.69) is 16.2 Å². The van der Waals surface area contributed by atoms with Gasteiger partial charge in [-0.3, -0.25) is 0 Å². The summed E-state index contributed by atoms with van der Waals surface area (Å²) in [5, 5.41) is 13.3. The van der Waals surface area contributed by atoms with Crippen LogP contribution in [0.1, 0.15) is 10.5 Å². The number of rotatable bonds is 6. The van der Waals surface area contributed by atoms with Crippen LogP contribution >= 0.6 is 11.8 Å². The van der Waals surface area contributed by atoms with Gasteiger partial charge in [0.05, 0.1) is 11.3 Å². The van der Waals surface area contributed by atoms with E-state index in [1.165, 1.54) is 0 Å². The Hall–Kier alpha value is -2.19. The number of hydrogen-bond donors (Lipinski definition) is 2. The maximum absolute atomic E-state index is 11.1. The van der Waals surface area contributed by atoms with Gasteiger partial charge >= 0.3 is 5.97 Å². The molecule has 1 aromatic heterocycles. The fourth-order valence-electron chi connectivity index (χ4n) is 1.82. The lowest BCUT2D eigenvalue weighted by atomic mass is 10.1. The first kappa shape index (κ1) is 14.2. The van der Waals surface area contributed by atoms with Crippen molar-refractivity contribution in [3.05, 3.63) is 36.0 Å². The molecule has 0 aliphatic heterocycles. The van der Waals surface area contributed by atoms with Gasteiger partial charge in [0.25, 0.3) is 0 Å². The van der Waals surface area contributed by atoms with Crippen molar-refractivity contribution >= 4 is 34.3 Å². The minimum atomic E-state index is -1.03. The van der Waals surface area contributed by atoms with Gasteiger partial charge in [0.2, 0.25) is 0 Å². The van der Waals surface area contributed by atoms with Crippen LogP contribution < -0.4 is 5.32 Å². The van der Waals surface area contributed by atoms with Crippen LogP contribution in [0.25, 0.3) is 10.9 Å². The Kier molecular flexibility index (Phi) is 4.85. The topological polar surface area (TPSA) is 62.2 Å². The maximum atomic E-state index is 11.1. The predicted octanol–water partition coefficient (Wildman–Crippen LogP) is 2.71. The molecule has 0 saturated heterocycles. The van der Waals surface area contributed by atoms with Crippen LogP contribution in [-0.2, 0) is 0 Å². The number of nitrogens with zero attached hydrogens (tertiary/aromatic N) is 1. The van der Waals surface area contributed by atoms with Gasteiger partial charge < -0.3 is 10.4 Å². The minimum Gasteiger partial charge on any atom is -0.477 e. The number of pyridine rings is 1. The zero-order chi connectivity index (χ0) is 14.4. The van der Waals surface area contributed by atoms with E-state index in [4.69, 9.17) is 11.5 Å². The highest BCUT2D eigenvalue weighted by Gasteiger charge is 2.10. The molecule has 2 rings (SSSR count). The Morgan fingerprint density at radius 1 is 1.45 bits per heavy atom. The van der Waals surface area contributed by atoms with Crippen LogP contribution in [0, 0.1) is 12.3 Å². The molecule has 0 saturated carbocycles. The molecule has 0 unspecified atom stereocenters. The van der Waals surface area contributed by atoms with Gasteiger partial charge in [0.15, 0.2) is 5.69 Å². The van der Waals surface area contributed by atoms with Gasteiger partial charge in [-0.05, 0) is 12.1 Å². The van der Waals surface area contributed by atoms with Gasteiger partial charge in [-0.15, -0.1) is 18.2 Å². The van der Waals surface area contributed by atoms with Crippen molar-refractivity contribution in [3.63, 3.8) is 0 Å². The Morgan fingerprint density at radius 3 is 3.00 bits per heavy atom. The monoisotopic (exact) mass is 286 g/mol. The number of anilines is 1. The van der Waals surface area contributed by atoms with Crippen molar-refractivity contribution in [3.8, 4) is 12.3 Å². The lowest BCUT2D eigenvalue weighted by molar-refractivity contribution is 0.0691. The normalized spacial score (nSPS) is 10.2. The lowest BCUT2D eigenvalue weighted by Crippen LogP contribution is -2.08. The third kappa shape index (κ3) is 3.43. The van der Waals surface area contributed by atoms with Crippen molar-refractivity contribution in [1.29, 1.82) is 0 Å². The number of aromatic carboxylic acids is 1. The molecule has 0 amide bonds. The minimum absolute atomic E-state index is 0.0440. The first-order chi connectivity index (χ1) is 9.72. The fraction of sp³-hybridized carbons (Fsp3) is 0.200. The third-order valence-electron chi connectivity index (χ3n) is 2.68. The van der Waals surface area contributed by atoms with E-state index < -0.39 is 5.97 Å². The van der Waals surface area contributed by atoms with Crippen LogP contribution in [-0.4, -0.2) is 34.1 Å². The number of benzene rings is 1. The molecule has 4 nitrogen and oxygen atoms in total. The van der Waals surface area contributed by atoms with E-state index in [1.54, 1.807) is 23.9 Å². The highest BCUT2D eigenvalue weighted by molar-refractivity contribution is 7.99. The first-order valence-electron chi connectivity index (χ1n) is 6.10. The number of hydrogen-bond acceptors (Lipinski definition) is 4. The summed E-state index contributed by atoms with van der Waals surface area (Å²) in [4.78, 5) is 15.2. The summed E-state index contributed by atoms with van der Waals surface area (Å²) in [6.07, 6.45) is 5.18. The van der Waals surface area contributed by atoms with Crippen molar-refractivity contribution in [1.82, 2.24) is 4.98 Å². The third-order valence-corrected chi connectivity index (χ3v) is 3.55. The maximum Gasteiger partial charge on any atom is 0.354 e. The van der Waals surface area contributed by atoms with Crippen LogP contribution in [0.3, 0.4) is 0 Å². The standard InChI is InChI=1S/C15H14N2O2S/c1-2-8-20-9-7-16-13-10-14(15(18)19)17-12-6-4-3-5-11(12)13/h1,3-6,10H,7-9H2,(H,16,17)(H,18,19). The molecular formula is C15H14N2O2S. The largest absolute Gasteiger partial charge is 0.477 e. The van der Waals surface area contributed by atoms with Crippen molar-refractivity contribution < 1.29 is 9.90 Å². The molecule has 102 valence electrons. The number of aromatic nitrogens is 1. The molecule has 0 fully saturated rings. The Morgan fingerprint density at radius 2 is 2.25 bits per heavy atom. The zero-order valence-corrected chi connectivity index (χ0v) is 11.6. The van der Waals surface area contributed by atoms with Gasteiger partial charge in [-0.25, -0.2) is 9.78 Å². The van der Waals surface area contributed by atoms with E-state index in [-0.39, 0.29) is 5.69 Å². The molecule has 2 N–H and O–H groups in total. The number of nitrogens with one attached hydrogen (secondary N) is 1. The molecule has 0 radical (unpaired) electrons. The molecule has 0 spiro atoms. The summed E-state index contributed by atoms with van der Waals surface area (Å²) >= 11 is 1.66. The van der Waals surface area contributed by atoms with Gasteiger partial charge in [-0.2, -0.15) is 0 Å². The molecule has 1 aromatic carbocycles. The summed E-state index contributed by atoms with van der Waals surface area (Å²) in [6.45, 7) is 0.722. The number of fused-ring (bicyclic) bond motifs is 1. The summed E-state index contributed by atoms with van der Waals surface area (Å²) in [7, 11) is 0. The summed E-state index contributed by atoms with van der Waals surface area (Å²) in [6, 6.07) is 9.04. The van der Waals surface area contributed by atoms with E-state index in [0.717, 1.165) is 23.4 Å². The Bertz CT molecular complexity index is 664. The summed E-state index contributed by atoms with van der Waals surface area (Å²) in [5.41, 5.74) is 1.50. The number of carboxylic acids is 1. The van der Waals surface area contributed by atoms with E-state index >= 15 is 0 Å².